The molecule has 0 spiro atoms. The smallest absolute Gasteiger partial charge is 0.172 e. The molecular weight excluding hydrogens is 1520 g/mol. The Kier molecular flexibility index (Phi) is 18.6. The highest BCUT2D eigenvalue weighted by Crippen LogP contribution is 2.58. The molecule has 3 heterocycles. The van der Waals surface area contributed by atoms with Gasteiger partial charge in [0.15, 0.2) is 7.14 Å². The number of anilines is 5. The minimum Gasteiger partial charge on any atom is -0.328 e. The molecule has 3 atom stereocenters. The monoisotopic (exact) mass is 1610 g/mol. The fraction of sp³-hybridized carbons (Fsp3) is 0.127. The van der Waals surface area contributed by atoms with E-state index in [0.717, 1.165) is 61.7 Å². The zero-order valence-corrected chi connectivity index (χ0v) is 73.2. The van der Waals surface area contributed by atoms with Crippen molar-refractivity contribution in [3.63, 3.8) is 0 Å². The first kappa shape index (κ1) is 75.2. The van der Waals surface area contributed by atoms with Crippen LogP contribution in [-0.4, -0.2) is 21.5 Å². The van der Waals surface area contributed by atoms with E-state index >= 15 is 0 Å². The lowest BCUT2D eigenvalue weighted by Gasteiger charge is -2.32. The minimum absolute atomic E-state index is 0.0890. The van der Waals surface area contributed by atoms with Crippen LogP contribution in [0.1, 0.15) is 55.5 Å². The molecule has 0 radical (unpaired) electrons. The summed E-state index contributed by atoms with van der Waals surface area (Å²) in [5, 5.41) is 13.0. The first-order chi connectivity index (χ1) is 57.1. The average molecular weight is 1610 g/mol. The average Bonchev–Trinajstić information content (AvgIpc) is 1.40. The van der Waals surface area contributed by atoms with Gasteiger partial charge in [-0.3, -0.25) is 0 Å². The standard InChI is InChI=1S/C60H50NPSi.C50H44NOPSSi/c1-60(2)56-39-46(41-15-8-6-9-16-41)27-34-52(56)53-35-33-49(40-57(53)60)61(47-29-23-42(24-30-47)44-17-14-20-51(37-44)63(3,4)5)48-31-25-43(26-32-48)45-28-36-59-55(38-45)54-21-12-13-22-58(54)62(59)50-18-10-7-11-19-50;1-50(2)44-31-37(24-26-40(44)41-27-25-39(32-45(41)50)55(3,4)5)51(49-30-35-13-9-12-18-48(35)54-49)36-22-19-33(20-23-36)34-21-28-47-43(29-34)42-16-10-11-17-46(42)53(47,52)38-14-7-6-8-15-38/h6-40H,1-5H3;6-29,31-32,49H,30H2,1-5H3. The van der Waals surface area contributed by atoms with Crippen molar-refractivity contribution < 1.29 is 4.57 Å². The fourth-order valence-corrected chi connectivity index (χ4v) is 28.4. The first-order valence-corrected chi connectivity index (χ1v) is 52.5. The quantitative estimate of drug-likeness (QED) is 0.0800. The van der Waals surface area contributed by atoms with Gasteiger partial charge in [-0.05, 0) is 219 Å². The lowest BCUT2D eigenvalue weighted by Crippen LogP contribution is -2.38. The molecule has 3 unspecified atom stereocenters. The first-order valence-electron chi connectivity index (χ1n) is 41.5. The molecule has 0 amide bonds. The van der Waals surface area contributed by atoms with Gasteiger partial charge in [0.2, 0.25) is 0 Å². The van der Waals surface area contributed by atoms with Gasteiger partial charge < -0.3 is 14.4 Å². The topological polar surface area (TPSA) is 23.6 Å². The molecule has 0 bridgehead atoms. The summed E-state index contributed by atoms with van der Waals surface area (Å²) in [7, 11) is -6.46. The third-order valence-corrected chi connectivity index (χ3v) is 36.7. The molecular formula is C110H94N2OP2SSi2. The zero-order chi connectivity index (χ0) is 80.6. The number of hydrogen-bond acceptors (Lipinski definition) is 4. The van der Waals surface area contributed by atoms with Gasteiger partial charge in [-0.1, -0.05) is 358 Å². The maximum absolute atomic E-state index is 15.0. The zero-order valence-electron chi connectivity index (χ0n) is 68.6. The summed E-state index contributed by atoms with van der Waals surface area (Å²) >= 11 is 1.97. The normalized spacial score (nSPS) is 15.7. The maximum atomic E-state index is 15.0. The van der Waals surface area contributed by atoms with Gasteiger partial charge >= 0.3 is 0 Å². The Morgan fingerprint density at radius 1 is 0.331 bits per heavy atom. The minimum atomic E-state index is -2.96. The van der Waals surface area contributed by atoms with Crippen molar-refractivity contribution in [2.45, 2.75) is 94.5 Å². The summed E-state index contributed by atoms with van der Waals surface area (Å²) in [4.78, 5) is 6.37. The molecule has 21 rings (SSSR count). The molecule has 0 saturated heterocycles. The van der Waals surface area contributed by atoms with Crippen molar-refractivity contribution in [3.8, 4) is 83.2 Å². The SMILES string of the molecule is CC1(C)c2cc(-c3ccccc3)ccc2-c2ccc(N(c3ccc(-c4cccc([Si](C)(C)C)c4)cc3)c3ccc(-c4ccc5c(c4)c4ccccc4p5-c4ccccc4)cc3)cc21.CC1(C)c2cc(N(c3ccc(-c4ccc5c(c4)-c4ccccc4P5(=O)c4ccccc4)cc3)C3Cc4ccccc4S3)ccc2-c2ccc([Si](C)(C)C)cc21. The van der Waals surface area contributed by atoms with E-state index < -0.39 is 30.8 Å². The molecule has 4 aliphatic rings. The van der Waals surface area contributed by atoms with Crippen LogP contribution in [0.4, 0.5) is 28.4 Å². The highest BCUT2D eigenvalue weighted by Gasteiger charge is 2.42. The van der Waals surface area contributed by atoms with Crippen molar-refractivity contribution in [1.29, 1.82) is 0 Å². The fourth-order valence-electron chi connectivity index (χ4n) is 19.1. The second-order valence-corrected chi connectivity index (χ2v) is 51.7. The van der Waals surface area contributed by atoms with E-state index in [-0.39, 0.29) is 16.2 Å². The number of fused-ring (bicyclic) bond motifs is 13. The second-order valence-electron chi connectivity index (χ2n) is 35.5. The number of thioether (sulfide) groups is 1. The molecule has 0 fully saturated rings. The van der Waals surface area contributed by atoms with Crippen molar-refractivity contribution >= 4 is 118 Å². The maximum Gasteiger partial charge on any atom is 0.172 e. The van der Waals surface area contributed by atoms with Gasteiger partial charge in [0, 0.05) is 76.7 Å². The Morgan fingerprint density at radius 2 is 0.780 bits per heavy atom. The lowest BCUT2D eigenvalue weighted by molar-refractivity contribution is 0.593. The summed E-state index contributed by atoms with van der Waals surface area (Å²) in [5.74, 6) is 0. The Morgan fingerprint density at radius 3 is 1.44 bits per heavy atom. The van der Waals surface area contributed by atoms with Gasteiger partial charge in [0.05, 0.1) is 21.5 Å². The summed E-state index contributed by atoms with van der Waals surface area (Å²) in [6.07, 6.45) is 0.981. The molecule has 2 aliphatic heterocycles. The number of benzene rings is 16. The van der Waals surface area contributed by atoms with E-state index in [2.05, 4.69) is 410 Å². The number of hydrogen-bond donors (Lipinski definition) is 0. The molecule has 0 N–H and O–H groups in total. The summed E-state index contributed by atoms with van der Waals surface area (Å²) < 4.78 is 15.0. The lowest BCUT2D eigenvalue weighted by atomic mass is 9.81. The third kappa shape index (κ3) is 13.0. The largest absolute Gasteiger partial charge is 0.328 e. The molecule has 2 aliphatic carbocycles. The van der Waals surface area contributed by atoms with Crippen LogP contribution >= 0.6 is 26.4 Å². The van der Waals surface area contributed by atoms with Crippen molar-refractivity contribution in [3.05, 3.63) is 398 Å². The van der Waals surface area contributed by atoms with Gasteiger partial charge in [-0.2, -0.15) is 0 Å². The van der Waals surface area contributed by atoms with E-state index in [4.69, 9.17) is 0 Å². The summed E-state index contributed by atoms with van der Waals surface area (Å²) in [5.41, 5.74) is 29.9. The van der Waals surface area contributed by atoms with Gasteiger partial charge in [-0.15, -0.1) is 11.8 Å². The van der Waals surface area contributed by atoms with Crippen LogP contribution in [0.5, 0.6) is 0 Å². The van der Waals surface area contributed by atoms with Crippen LogP contribution in [0.2, 0.25) is 39.3 Å². The Balaban J connectivity index is 0.000000153. The van der Waals surface area contributed by atoms with Crippen LogP contribution in [-0.2, 0) is 21.8 Å². The van der Waals surface area contributed by atoms with Crippen LogP contribution in [0.15, 0.2) is 375 Å². The van der Waals surface area contributed by atoms with Gasteiger partial charge in [-0.25, -0.2) is 0 Å². The molecule has 574 valence electrons. The predicted octanol–water partition coefficient (Wildman–Crippen LogP) is 28.9. The van der Waals surface area contributed by atoms with Gasteiger partial charge in [0.1, 0.15) is 0 Å². The van der Waals surface area contributed by atoms with Crippen LogP contribution in [0.25, 0.3) is 104 Å². The Hall–Kier alpha value is -11.6. The van der Waals surface area contributed by atoms with Crippen molar-refractivity contribution in [2.24, 2.45) is 0 Å². The highest BCUT2D eigenvalue weighted by molar-refractivity contribution is 8.00. The van der Waals surface area contributed by atoms with Crippen LogP contribution < -0.4 is 36.1 Å². The van der Waals surface area contributed by atoms with E-state index in [1.165, 1.54) is 136 Å². The van der Waals surface area contributed by atoms with E-state index in [0.29, 0.717) is 0 Å². The number of rotatable bonds is 14. The van der Waals surface area contributed by atoms with Crippen molar-refractivity contribution in [2.75, 3.05) is 9.80 Å². The molecule has 118 heavy (non-hydrogen) atoms. The highest BCUT2D eigenvalue weighted by atomic mass is 32.2. The molecule has 3 nitrogen and oxygen atoms in total. The van der Waals surface area contributed by atoms with Crippen LogP contribution in [0.3, 0.4) is 0 Å². The third-order valence-electron chi connectivity index (χ3n) is 25.5. The Labute approximate surface area is 702 Å². The molecule has 0 saturated carbocycles. The molecule has 8 heteroatoms. The van der Waals surface area contributed by atoms with Crippen LogP contribution in [0, 0.1) is 0 Å². The van der Waals surface area contributed by atoms with E-state index in [1.807, 2.05) is 48.2 Å². The molecule has 16 aromatic carbocycles. The van der Waals surface area contributed by atoms with E-state index in [9.17, 15) is 4.57 Å². The second kappa shape index (κ2) is 29.2. The molecule has 1 aromatic heterocycles. The predicted molar refractivity (Wildman–Crippen MR) is 516 cm³/mol. The van der Waals surface area contributed by atoms with E-state index in [1.54, 1.807) is 0 Å². The summed E-state index contributed by atoms with van der Waals surface area (Å²) in [6, 6.07) is 137. The Bertz CT molecular complexity index is 6830. The molecule has 17 aromatic rings. The number of nitrogens with zero attached hydrogens (tertiary/aromatic N) is 2. The summed E-state index contributed by atoms with van der Waals surface area (Å²) in [6.45, 7) is 24.2. The van der Waals surface area contributed by atoms with Gasteiger partial charge in [0.25, 0.3) is 0 Å². The van der Waals surface area contributed by atoms with Crippen molar-refractivity contribution in [1.82, 2.24) is 0 Å².